The van der Waals surface area contributed by atoms with Crippen molar-refractivity contribution in [3.05, 3.63) is 54.2 Å². The van der Waals surface area contributed by atoms with Crippen molar-refractivity contribution >= 4 is 10.9 Å². The van der Waals surface area contributed by atoms with Gasteiger partial charge in [0, 0.05) is 17.6 Å². The summed E-state index contributed by atoms with van der Waals surface area (Å²) < 4.78 is 2.34. The van der Waals surface area contributed by atoms with Crippen molar-refractivity contribution in [3.8, 4) is 5.69 Å². The van der Waals surface area contributed by atoms with Gasteiger partial charge in [-0.2, -0.15) is 0 Å². The number of nitrogens with zero attached hydrogens (tertiary/aromatic N) is 4. The minimum Gasteiger partial charge on any atom is -0.310 e. The second-order valence-electron chi connectivity index (χ2n) is 5.72. The lowest BCUT2D eigenvalue weighted by Crippen LogP contribution is -2.16. The predicted molar refractivity (Wildman–Crippen MR) is 83.5 cm³/mol. The lowest BCUT2D eigenvalue weighted by atomic mass is 10.1. The Morgan fingerprint density at radius 3 is 2.76 bits per heavy atom. The van der Waals surface area contributed by atoms with Crippen LogP contribution in [0.1, 0.15) is 17.7 Å². The van der Waals surface area contributed by atoms with Gasteiger partial charge >= 0.3 is 0 Å². The van der Waals surface area contributed by atoms with E-state index >= 15 is 0 Å². The molecular formula is C17H18N4. The van der Waals surface area contributed by atoms with Gasteiger partial charge in [0.15, 0.2) is 0 Å². The summed E-state index contributed by atoms with van der Waals surface area (Å²) in [6.07, 6.45) is 7.67. The van der Waals surface area contributed by atoms with Crippen molar-refractivity contribution in [3.63, 3.8) is 0 Å². The molecule has 0 fully saturated rings. The molecule has 1 aromatic carbocycles. The number of hydrogen-bond acceptors (Lipinski definition) is 3. The Hall–Kier alpha value is -2.20. The Morgan fingerprint density at radius 2 is 1.90 bits per heavy atom. The van der Waals surface area contributed by atoms with Crippen molar-refractivity contribution in [2.24, 2.45) is 0 Å². The van der Waals surface area contributed by atoms with Gasteiger partial charge in [-0.15, -0.1) is 0 Å². The van der Waals surface area contributed by atoms with Gasteiger partial charge < -0.3 is 9.47 Å². The van der Waals surface area contributed by atoms with Crippen LogP contribution in [0.2, 0.25) is 0 Å². The van der Waals surface area contributed by atoms with E-state index in [1.807, 2.05) is 12.4 Å². The smallest absolute Gasteiger partial charge is 0.115 e. The van der Waals surface area contributed by atoms with E-state index in [4.69, 9.17) is 0 Å². The summed E-state index contributed by atoms with van der Waals surface area (Å²) in [5.41, 5.74) is 5.18. The third kappa shape index (κ3) is 2.03. The fourth-order valence-corrected chi connectivity index (χ4v) is 3.37. The normalized spacial score (nSPS) is 15.9. The molecule has 0 spiro atoms. The van der Waals surface area contributed by atoms with E-state index in [-0.39, 0.29) is 0 Å². The first-order chi connectivity index (χ1) is 10.3. The van der Waals surface area contributed by atoms with Crippen LogP contribution in [0.5, 0.6) is 0 Å². The molecular weight excluding hydrogens is 260 g/mol. The van der Waals surface area contributed by atoms with E-state index in [2.05, 4.69) is 50.7 Å². The summed E-state index contributed by atoms with van der Waals surface area (Å²) in [7, 11) is 2.20. The zero-order valence-corrected chi connectivity index (χ0v) is 12.2. The molecule has 0 amide bonds. The van der Waals surface area contributed by atoms with Crippen molar-refractivity contribution in [1.82, 2.24) is 19.4 Å². The van der Waals surface area contributed by atoms with E-state index in [0.29, 0.717) is 0 Å². The molecule has 2 aromatic heterocycles. The number of para-hydroxylation sites is 1. The Labute approximate surface area is 124 Å². The summed E-state index contributed by atoms with van der Waals surface area (Å²) in [6, 6.07) is 8.65. The van der Waals surface area contributed by atoms with Crippen molar-refractivity contribution in [1.29, 1.82) is 0 Å². The Bertz CT molecular complexity index is 776. The highest BCUT2D eigenvalue weighted by atomic mass is 15.1. The molecule has 0 saturated carbocycles. The first kappa shape index (κ1) is 12.5. The summed E-state index contributed by atoms with van der Waals surface area (Å²) in [5.74, 6) is 0. The quantitative estimate of drug-likeness (QED) is 0.686. The Balaban J connectivity index is 2.04. The monoisotopic (exact) mass is 278 g/mol. The molecule has 1 aliphatic rings. The molecule has 4 heteroatoms. The maximum atomic E-state index is 4.19. The number of benzene rings is 1. The highest BCUT2D eigenvalue weighted by Gasteiger charge is 2.21. The van der Waals surface area contributed by atoms with Gasteiger partial charge in [0.05, 0.1) is 23.6 Å². The van der Waals surface area contributed by atoms with Crippen molar-refractivity contribution in [2.45, 2.75) is 19.4 Å². The molecule has 0 bridgehead atoms. The lowest BCUT2D eigenvalue weighted by Gasteiger charge is -2.12. The lowest BCUT2D eigenvalue weighted by molar-refractivity contribution is 0.333. The van der Waals surface area contributed by atoms with Gasteiger partial charge in [0.25, 0.3) is 0 Å². The van der Waals surface area contributed by atoms with Gasteiger partial charge in [-0.3, -0.25) is 0 Å². The number of rotatable bonds is 1. The van der Waals surface area contributed by atoms with Crippen LogP contribution in [0.3, 0.4) is 0 Å². The topological polar surface area (TPSA) is 34.0 Å². The third-order valence-corrected chi connectivity index (χ3v) is 4.27. The molecule has 0 saturated heterocycles. The van der Waals surface area contributed by atoms with Crippen LogP contribution in [0.15, 0.2) is 43.0 Å². The molecule has 0 unspecified atom stereocenters. The van der Waals surface area contributed by atoms with Crippen LogP contribution in [0.25, 0.3) is 16.6 Å². The average molecular weight is 278 g/mol. The molecule has 3 heterocycles. The number of aromatic nitrogens is 3. The molecule has 1 aliphatic heterocycles. The van der Waals surface area contributed by atoms with Gasteiger partial charge in [-0.25, -0.2) is 9.97 Å². The molecule has 21 heavy (non-hydrogen) atoms. The zero-order valence-electron chi connectivity index (χ0n) is 12.2. The maximum Gasteiger partial charge on any atom is 0.115 e. The van der Waals surface area contributed by atoms with Gasteiger partial charge in [0.1, 0.15) is 6.33 Å². The van der Waals surface area contributed by atoms with Gasteiger partial charge in [0.2, 0.25) is 0 Å². The first-order valence-electron chi connectivity index (χ1n) is 7.40. The van der Waals surface area contributed by atoms with Gasteiger partial charge in [-0.1, -0.05) is 18.2 Å². The van der Waals surface area contributed by atoms with Crippen LogP contribution >= 0.6 is 0 Å². The molecule has 106 valence electrons. The second-order valence-corrected chi connectivity index (χ2v) is 5.72. The second kappa shape index (κ2) is 4.97. The van der Waals surface area contributed by atoms with E-state index in [9.17, 15) is 0 Å². The SMILES string of the molecule is CN1CCCc2c(c3ccccc3n2-c2cncnc2)C1. The van der Waals surface area contributed by atoms with E-state index in [0.717, 1.165) is 25.2 Å². The fourth-order valence-electron chi connectivity index (χ4n) is 3.37. The maximum absolute atomic E-state index is 4.19. The summed E-state index contributed by atoms with van der Waals surface area (Å²) in [6.45, 7) is 2.16. The van der Waals surface area contributed by atoms with Gasteiger partial charge in [-0.05, 0) is 38.1 Å². The highest BCUT2D eigenvalue weighted by molar-refractivity contribution is 5.87. The zero-order chi connectivity index (χ0) is 14.2. The first-order valence-corrected chi connectivity index (χ1v) is 7.40. The average Bonchev–Trinajstić information content (AvgIpc) is 2.69. The van der Waals surface area contributed by atoms with Crippen LogP contribution in [-0.2, 0) is 13.0 Å². The predicted octanol–water partition coefficient (Wildman–Crippen LogP) is 2.80. The summed E-state index contributed by atoms with van der Waals surface area (Å²) in [4.78, 5) is 10.8. The standard InChI is InChI=1S/C17H18N4/c1-20-8-4-7-17-15(11-20)14-5-2-3-6-16(14)21(17)13-9-18-12-19-10-13/h2-3,5-6,9-10,12H,4,7-8,11H2,1H3. The molecule has 4 rings (SSSR count). The molecule has 0 atom stereocenters. The Morgan fingerprint density at radius 1 is 1.10 bits per heavy atom. The third-order valence-electron chi connectivity index (χ3n) is 4.27. The molecule has 3 aromatic rings. The molecule has 0 radical (unpaired) electrons. The van der Waals surface area contributed by atoms with Crippen LogP contribution in [0.4, 0.5) is 0 Å². The highest BCUT2D eigenvalue weighted by Crippen LogP contribution is 2.32. The minimum absolute atomic E-state index is 1.01. The van der Waals surface area contributed by atoms with Crippen molar-refractivity contribution < 1.29 is 0 Å². The largest absolute Gasteiger partial charge is 0.310 e. The van der Waals surface area contributed by atoms with Crippen LogP contribution < -0.4 is 0 Å². The minimum atomic E-state index is 1.01. The van der Waals surface area contributed by atoms with E-state index in [1.54, 1.807) is 6.33 Å². The van der Waals surface area contributed by atoms with Crippen molar-refractivity contribution in [2.75, 3.05) is 13.6 Å². The van der Waals surface area contributed by atoms with E-state index < -0.39 is 0 Å². The number of hydrogen-bond donors (Lipinski definition) is 0. The Kier molecular flexibility index (Phi) is 2.97. The fraction of sp³-hybridized carbons (Fsp3) is 0.294. The van der Waals surface area contributed by atoms with Crippen LogP contribution in [-0.4, -0.2) is 33.0 Å². The molecule has 0 N–H and O–H groups in total. The summed E-state index contributed by atoms with van der Waals surface area (Å²) in [5, 5.41) is 1.35. The molecule has 0 aliphatic carbocycles. The summed E-state index contributed by atoms with van der Waals surface area (Å²) >= 11 is 0. The molecule has 4 nitrogen and oxygen atoms in total. The van der Waals surface area contributed by atoms with Crippen LogP contribution in [0, 0.1) is 0 Å². The number of fused-ring (bicyclic) bond motifs is 3. The van der Waals surface area contributed by atoms with E-state index in [1.165, 1.54) is 28.6 Å².